The van der Waals surface area contributed by atoms with Crippen LogP contribution in [0.3, 0.4) is 0 Å². The van der Waals surface area contributed by atoms with Gasteiger partial charge in [-0.3, -0.25) is 4.90 Å². The van der Waals surface area contributed by atoms with Gasteiger partial charge in [-0.15, -0.1) is 0 Å². The summed E-state index contributed by atoms with van der Waals surface area (Å²) in [6.45, 7) is 7.05. The van der Waals surface area contributed by atoms with Gasteiger partial charge in [-0.25, -0.2) is 0 Å². The Morgan fingerprint density at radius 3 is 2.58 bits per heavy atom. The number of nitrogens with zero attached hydrogens (tertiary/aromatic N) is 1. The molecule has 132 valence electrons. The fraction of sp³-hybridized carbons (Fsp3) is 0.304. The SMILES string of the molecule is C=C1Nc2ccc(C#CCN3CCC(Cc4ccccc4)CC3)cc2N1. The highest BCUT2D eigenvalue weighted by Crippen LogP contribution is 2.30. The van der Waals surface area contributed by atoms with Gasteiger partial charge in [0.15, 0.2) is 0 Å². The second-order valence-electron chi connectivity index (χ2n) is 7.20. The molecule has 0 atom stereocenters. The lowest BCUT2D eigenvalue weighted by molar-refractivity contribution is 0.203. The lowest BCUT2D eigenvalue weighted by Gasteiger charge is -2.30. The van der Waals surface area contributed by atoms with Crippen molar-refractivity contribution in [3.05, 3.63) is 72.1 Å². The highest BCUT2D eigenvalue weighted by atomic mass is 15.2. The van der Waals surface area contributed by atoms with E-state index in [0.717, 1.165) is 48.3 Å². The van der Waals surface area contributed by atoms with Crippen molar-refractivity contribution in [2.45, 2.75) is 19.3 Å². The van der Waals surface area contributed by atoms with Gasteiger partial charge in [-0.05, 0) is 62.0 Å². The molecule has 0 aliphatic carbocycles. The van der Waals surface area contributed by atoms with Crippen LogP contribution >= 0.6 is 0 Å². The molecule has 26 heavy (non-hydrogen) atoms. The summed E-state index contributed by atoms with van der Waals surface area (Å²) in [5.74, 6) is 8.27. The molecule has 2 aromatic carbocycles. The number of benzene rings is 2. The lowest BCUT2D eigenvalue weighted by Crippen LogP contribution is -2.34. The maximum absolute atomic E-state index is 3.89. The first-order valence-electron chi connectivity index (χ1n) is 9.38. The largest absolute Gasteiger partial charge is 0.341 e. The van der Waals surface area contributed by atoms with Crippen LogP contribution in [0.4, 0.5) is 11.4 Å². The Labute approximate surface area is 156 Å². The summed E-state index contributed by atoms with van der Waals surface area (Å²) in [5.41, 5.74) is 4.64. The minimum atomic E-state index is 0.810. The molecule has 0 spiro atoms. The minimum Gasteiger partial charge on any atom is -0.341 e. The molecule has 2 aliphatic rings. The number of fused-ring (bicyclic) bond motifs is 1. The molecule has 2 N–H and O–H groups in total. The van der Waals surface area contributed by atoms with Gasteiger partial charge < -0.3 is 10.6 Å². The van der Waals surface area contributed by atoms with Crippen molar-refractivity contribution in [1.82, 2.24) is 4.90 Å². The van der Waals surface area contributed by atoms with Crippen LogP contribution in [0.1, 0.15) is 24.0 Å². The average molecular weight is 343 g/mol. The quantitative estimate of drug-likeness (QED) is 0.814. The smallest absolute Gasteiger partial charge is 0.100 e. The fourth-order valence-corrected chi connectivity index (χ4v) is 3.74. The second-order valence-corrected chi connectivity index (χ2v) is 7.20. The van der Waals surface area contributed by atoms with Crippen LogP contribution in [0, 0.1) is 17.8 Å². The van der Waals surface area contributed by atoms with Crippen LogP contribution in [-0.4, -0.2) is 24.5 Å². The van der Waals surface area contributed by atoms with Gasteiger partial charge in [0.05, 0.1) is 17.9 Å². The van der Waals surface area contributed by atoms with Gasteiger partial charge in [0.25, 0.3) is 0 Å². The number of hydrogen-bond donors (Lipinski definition) is 2. The summed E-state index contributed by atoms with van der Waals surface area (Å²) in [6, 6.07) is 17.1. The summed E-state index contributed by atoms with van der Waals surface area (Å²) >= 11 is 0. The normalized spacial score (nSPS) is 17.0. The second kappa shape index (κ2) is 7.68. The van der Waals surface area contributed by atoms with Gasteiger partial charge in [0.1, 0.15) is 5.82 Å². The third-order valence-corrected chi connectivity index (χ3v) is 5.20. The summed E-state index contributed by atoms with van der Waals surface area (Å²) in [4.78, 5) is 2.48. The lowest BCUT2D eigenvalue weighted by atomic mass is 9.90. The van der Waals surface area contributed by atoms with E-state index in [1.54, 1.807) is 0 Å². The topological polar surface area (TPSA) is 27.3 Å². The van der Waals surface area contributed by atoms with Crippen LogP contribution in [0.25, 0.3) is 0 Å². The summed E-state index contributed by atoms with van der Waals surface area (Å²) < 4.78 is 0. The molecule has 0 aromatic heterocycles. The van der Waals surface area contributed by atoms with E-state index in [0.29, 0.717) is 0 Å². The number of anilines is 2. The highest BCUT2D eigenvalue weighted by molar-refractivity contribution is 5.79. The molecule has 0 saturated carbocycles. The fourth-order valence-electron chi connectivity index (χ4n) is 3.74. The Morgan fingerprint density at radius 1 is 1.00 bits per heavy atom. The molecule has 2 heterocycles. The molecule has 2 aliphatic heterocycles. The van der Waals surface area contributed by atoms with Crippen molar-refractivity contribution in [2.24, 2.45) is 5.92 Å². The van der Waals surface area contributed by atoms with Gasteiger partial charge >= 0.3 is 0 Å². The first-order chi connectivity index (χ1) is 12.8. The first-order valence-corrected chi connectivity index (χ1v) is 9.38. The van der Waals surface area contributed by atoms with Crippen molar-refractivity contribution >= 4 is 11.4 Å². The third-order valence-electron chi connectivity index (χ3n) is 5.20. The van der Waals surface area contributed by atoms with Crippen LogP contribution in [0.15, 0.2) is 60.9 Å². The first kappa shape index (κ1) is 16.8. The van der Waals surface area contributed by atoms with Gasteiger partial charge in [0, 0.05) is 5.56 Å². The molecular formula is C23H25N3. The van der Waals surface area contributed by atoms with E-state index in [-0.39, 0.29) is 0 Å². The zero-order valence-electron chi connectivity index (χ0n) is 15.1. The van der Waals surface area contributed by atoms with E-state index in [4.69, 9.17) is 0 Å². The molecule has 3 heteroatoms. The summed E-state index contributed by atoms with van der Waals surface area (Å²) in [6.07, 6.45) is 3.75. The van der Waals surface area contributed by atoms with E-state index in [2.05, 4.69) is 82.5 Å². The van der Waals surface area contributed by atoms with E-state index in [9.17, 15) is 0 Å². The maximum Gasteiger partial charge on any atom is 0.100 e. The van der Waals surface area contributed by atoms with Gasteiger partial charge in [-0.2, -0.15) is 0 Å². The monoisotopic (exact) mass is 343 g/mol. The van der Waals surface area contributed by atoms with E-state index in [1.165, 1.54) is 24.8 Å². The van der Waals surface area contributed by atoms with E-state index in [1.807, 2.05) is 0 Å². The maximum atomic E-state index is 3.89. The van der Waals surface area contributed by atoms with E-state index >= 15 is 0 Å². The molecular weight excluding hydrogens is 318 g/mol. The van der Waals surface area contributed by atoms with Crippen LogP contribution in [-0.2, 0) is 6.42 Å². The third kappa shape index (κ3) is 4.09. The predicted octanol–water partition coefficient (Wildman–Crippen LogP) is 4.30. The Balaban J connectivity index is 1.26. The molecule has 0 bridgehead atoms. The zero-order chi connectivity index (χ0) is 17.8. The molecule has 3 nitrogen and oxygen atoms in total. The number of piperidine rings is 1. The molecule has 4 rings (SSSR count). The van der Waals surface area contributed by atoms with Gasteiger partial charge in [-0.1, -0.05) is 48.8 Å². The Hall–Kier alpha value is -2.70. The van der Waals surface area contributed by atoms with Crippen molar-refractivity contribution in [3.8, 4) is 11.8 Å². The van der Waals surface area contributed by atoms with Crippen LogP contribution < -0.4 is 10.6 Å². The Kier molecular flexibility index (Phi) is 4.95. The molecule has 0 unspecified atom stereocenters. The average Bonchev–Trinajstić information content (AvgIpc) is 3.03. The Bertz CT molecular complexity index is 837. The minimum absolute atomic E-state index is 0.810. The predicted molar refractivity (Wildman–Crippen MR) is 109 cm³/mol. The number of likely N-dealkylation sites (tertiary alicyclic amines) is 1. The molecule has 1 saturated heterocycles. The molecule has 0 amide bonds. The molecule has 0 radical (unpaired) electrons. The summed E-state index contributed by atoms with van der Waals surface area (Å²) in [7, 11) is 0. The van der Waals surface area contributed by atoms with E-state index < -0.39 is 0 Å². The standard InChI is InChI=1S/C23H25N3/c1-18-24-22-10-9-20(17-23(22)25-18)8-5-13-26-14-11-21(12-15-26)16-19-6-3-2-4-7-19/h2-4,6-7,9-10,17,21,24-25H,1,11-16H2. The van der Waals surface area contributed by atoms with Crippen molar-refractivity contribution in [1.29, 1.82) is 0 Å². The highest BCUT2D eigenvalue weighted by Gasteiger charge is 2.18. The Morgan fingerprint density at radius 2 is 1.77 bits per heavy atom. The molecule has 2 aromatic rings. The van der Waals surface area contributed by atoms with Crippen molar-refractivity contribution in [3.63, 3.8) is 0 Å². The van der Waals surface area contributed by atoms with Crippen molar-refractivity contribution in [2.75, 3.05) is 30.3 Å². The van der Waals surface area contributed by atoms with Gasteiger partial charge in [0.2, 0.25) is 0 Å². The summed E-state index contributed by atoms with van der Waals surface area (Å²) in [5, 5.41) is 6.41. The number of hydrogen-bond acceptors (Lipinski definition) is 3. The zero-order valence-corrected chi connectivity index (χ0v) is 15.1. The molecule has 1 fully saturated rings. The number of rotatable bonds is 3. The van der Waals surface area contributed by atoms with Crippen LogP contribution in [0.5, 0.6) is 0 Å². The number of nitrogens with one attached hydrogen (secondary N) is 2. The van der Waals surface area contributed by atoms with Crippen molar-refractivity contribution < 1.29 is 0 Å². The van der Waals surface area contributed by atoms with Crippen LogP contribution in [0.2, 0.25) is 0 Å².